The molecule has 2 heteroatoms. The van der Waals surface area contributed by atoms with Gasteiger partial charge in [0.15, 0.2) is 0 Å². The minimum atomic E-state index is 0.326. The van der Waals surface area contributed by atoms with Crippen molar-refractivity contribution in [2.45, 2.75) is 32.2 Å². The molecule has 0 spiro atoms. The second-order valence-electron chi connectivity index (χ2n) is 4.21. The molecular formula is C14H19NO. The molecule has 0 radical (unpaired) electrons. The highest BCUT2D eigenvalue weighted by Gasteiger charge is 1.98. The Kier molecular flexibility index (Phi) is 4.00. The molecule has 0 saturated carbocycles. The van der Waals surface area contributed by atoms with Crippen LogP contribution in [-0.2, 0) is 6.54 Å². The van der Waals surface area contributed by atoms with Crippen LogP contribution < -0.4 is 0 Å². The van der Waals surface area contributed by atoms with Crippen molar-refractivity contribution in [2.75, 3.05) is 6.61 Å². The molecule has 1 aromatic heterocycles. The second kappa shape index (κ2) is 5.71. The highest BCUT2D eigenvalue weighted by atomic mass is 16.2. The minimum absolute atomic E-state index is 0.326. The van der Waals surface area contributed by atoms with Crippen LogP contribution in [0.3, 0.4) is 0 Å². The van der Waals surface area contributed by atoms with E-state index in [2.05, 4.69) is 41.1 Å². The number of aryl methyl sites for hydroxylation is 1. The molecule has 0 aliphatic carbocycles. The van der Waals surface area contributed by atoms with Crippen LogP contribution >= 0.6 is 0 Å². The quantitative estimate of drug-likeness (QED) is 0.738. The molecule has 0 atom stereocenters. The maximum Gasteiger partial charge on any atom is 0.0480 e. The monoisotopic (exact) mass is 217 g/mol. The maximum atomic E-state index is 8.69. The smallest absolute Gasteiger partial charge is 0.0480 e. The summed E-state index contributed by atoms with van der Waals surface area (Å²) in [5.41, 5.74) is 1.32. The van der Waals surface area contributed by atoms with Gasteiger partial charge in [-0.15, -0.1) is 0 Å². The number of benzene rings is 1. The average Bonchev–Trinajstić information content (AvgIpc) is 2.73. The summed E-state index contributed by atoms with van der Waals surface area (Å²) in [4.78, 5) is 0. The van der Waals surface area contributed by atoms with Crippen LogP contribution in [0.1, 0.15) is 25.7 Å². The number of rotatable bonds is 6. The lowest BCUT2D eigenvalue weighted by Crippen LogP contribution is -1.96. The zero-order chi connectivity index (χ0) is 11.2. The fourth-order valence-electron chi connectivity index (χ4n) is 2.08. The van der Waals surface area contributed by atoms with Crippen LogP contribution in [-0.4, -0.2) is 16.3 Å². The van der Waals surface area contributed by atoms with Crippen molar-refractivity contribution in [3.05, 3.63) is 36.5 Å². The third-order valence-electron chi connectivity index (χ3n) is 2.99. The lowest BCUT2D eigenvalue weighted by molar-refractivity contribution is 0.282. The van der Waals surface area contributed by atoms with Gasteiger partial charge in [-0.05, 0) is 30.4 Å². The molecule has 1 N–H and O–H groups in total. The highest BCUT2D eigenvalue weighted by molar-refractivity contribution is 5.79. The maximum absolute atomic E-state index is 8.69. The number of nitrogens with zero attached hydrogens (tertiary/aromatic N) is 1. The lowest BCUT2D eigenvalue weighted by atomic mass is 10.2. The van der Waals surface area contributed by atoms with Gasteiger partial charge >= 0.3 is 0 Å². The summed E-state index contributed by atoms with van der Waals surface area (Å²) < 4.78 is 2.31. The first-order valence-corrected chi connectivity index (χ1v) is 6.06. The van der Waals surface area contributed by atoms with E-state index in [0.717, 1.165) is 19.4 Å². The number of para-hydroxylation sites is 1. The summed E-state index contributed by atoms with van der Waals surface area (Å²) in [6.07, 6.45) is 6.63. The minimum Gasteiger partial charge on any atom is -0.396 e. The van der Waals surface area contributed by atoms with Crippen LogP contribution in [0.15, 0.2) is 36.5 Å². The molecule has 86 valence electrons. The first-order chi connectivity index (χ1) is 7.92. The van der Waals surface area contributed by atoms with Crippen LogP contribution in [0.25, 0.3) is 10.9 Å². The zero-order valence-electron chi connectivity index (χ0n) is 9.60. The second-order valence-corrected chi connectivity index (χ2v) is 4.21. The molecule has 0 bridgehead atoms. The van der Waals surface area contributed by atoms with Crippen molar-refractivity contribution >= 4 is 10.9 Å². The molecule has 2 rings (SSSR count). The Morgan fingerprint density at radius 2 is 1.75 bits per heavy atom. The highest BCUT2D eigenvalue weighted by Crippen LogP contribution is 2.16. The molecule has 2 aromatic rings. The van der Waals surface area contributed by atoms with Gasteiger partial charge in [0.25, 0.3) is 0 Å². The predicted octanol–water partition coefficient (Wildman–Crippen LogP) is 3.19. The van der Waals surface area contributed by atoms with Crippen LogP contribution in [0.5, 0.6) is 0 Å². The van der Waals surface area contributed by atoms with E-state index in [0.29, 0.717) is 6.61 Å². The van der Waals surface area contributed by atoms with Crippen molar-refractivity contribution in [1.82, 2.24) is 4.57 Å². The van der Waals surface area contributed by atoms with E-state index in [1.807, 2.05) is 0 Å². The van der Waals surface area contributed by atoms with E-state index in [-0.39, 0.29) is 0 Å². The molecular weight excluding hydrogens is 198 g/mol. The summed E-state index contributed by atoms with van der Waals surface area (Å²) in [6.45, 7) is 1.41. The Bertz CT molecular complexity index is 433. The van der Waals surface area contributed by atoms with Crippen LogP contribution in [0.4, 0.5) is 0 Å². The molecule has 1 aromatic carbocycles. The van der Waals surface area contributed by atoms with E-state index < -0.39 is 0 Å². The van der Waals surface area contributed by atoms with Gasteiger partial charge in [-0.2, -0.15) is 0 Å². The summed E-state index contributed by atoms with van der Waals surface area (Å²) in [7, 11) is 0. The van der Waals surface area contributed by atoms with Crippen molar-refractivity contribution in [3.63, 3.8) is 0 Å². The van der Waals surface area contributed by atoms with Gasteiger partial charge in [-0.3, -0.25) is 0 Å². The third-order valence-corrected chi connectivity index (χ3v) is 2.99. The SMILES string of the molecule is OCCCCCCn1ccc2ccccc21. The Morgan fingerprint density at radius 1 is 0.938 bits per heavy atom. The van der Waals surface area contributed by atoms with Crippen molar-refractivity contribution in [2.24, 2.45) is 0 Å². The van der Waals surface area contributed by atoms with Crippen molar-refractivity contribution < 1.29 is 5.11 Å². The first-order valence-electron chi connectivity index (χ1n) is 6.06. The Balaban J connectivity index is 1.89. The first kappa shape index (κ1) is 11.2. The molecule has 1 heterocycles. The molecule has 0 saturated heterocycles. The number of unbranched alkanes of at least 4 members (excludes halogenated alkanes) is 3. The van der Waals surface area contributed by atoms with E-state index >= 15 is 0 Å². The van der Waals surface area contributed by atoms with Gasteiger partial charge in [-0.1, -0.05) is 31.0 Å². The van der Waals surface area contributed by atoms with Gasteiger partial charge < -0.3 is 9.67 Å². The van der Waals surface area contributed by atoms with Crippen molar-refractivity contribution in [3.8, 4) is 0 Å². The number of hydrogen-bond donors (Lipinski definition) is 1. The topological polar surface area (TPSA) is 25.2 Å². The van der Waals surface area contributed by atoms with Crippen LogP contribution in [0, 0.1) is 0 Å². The Labute approximate surface area is 96.5 Å². The van der Waals surface area contributed by atoms with Gasteiger partial charge in [0.05, 0.1) is 0 Å². The largest absolute Gasteiger partial charge is 0.396 e. The van der Waals surface area contributed by atoms with Gasteiger partial charge in [0.1, 0.15) is 0 Å². The fraction of sp³-hybridized carbons (Fsp3) is 0.429. The number of aromatic nitrogens is 1. The number of fused-ring (bicyclic) bond motifs is 1. The van der Waals surface area contributed by atoms with E-state index in [1.165, 1.54) is 23.7 Å². The van der Waals surface area contributed by atoms with Gasteiger partial charge in [-0.25, -0.2) is 0 Å². The standard InChI is InChI=1S/C14H19NO/c16-12-6-2-1-5-10-15-11-9-13-7-3-4-8-14(13)15/h3-4,7-9,11,16H,1-2,5-6,10,12H2. The number of hydrogen-bond acceptors (Lipinski definition) is 1. The van der Waals surface area contributed by atoms with E-state index in [1.54, 1.807) is 0 Å². The lowest BCUT2D eigenvalue weighted by Gasteiger charge is -2.04. The predicted molar refractivity (Wildman–Crippen MR) is 67.5 cm³/mol. The molecule has 0 unspecified atom stereocenters. The molecule has 0 aliphatic heterocycles. The third kappa shape index (κ3) is 2.64. The number of aliphatic hydroxyl groups is 1. The molecule has 2 nitrogen and oxygen atoms in total. The van der Waals surface area contributed by atoms with Gasteiger partial charge in [0.2, 0.25) is 0 Å². The normalized spacial score (nSPS) is 11.1. The van der Waals surface area contributed by atoms with Crippen LogP contribution in [0.2, 0.25) is 0 Å². The average molecular weight is 217 g/mol. The number of aliphatic hydroxyl groups excluding tert-OH is 1. The summed E-state index contributed by atoms with van der Waals surface area (Å²) in [5, 5.41) is 10.0. The molecule has 0 amide bonds. The molecule has 0 aliphatic rings. The van der Waals surface area contributed by atoms with Gasteiger partial charge in [0, 0.05) is 24.9 Å². The molecule has 16 heavy (non-hydrogen) atoms. The van der Waals surface area contributed by atoms with Crippen molar-refractivity contribution in [1.29, 1.82) is 0 Å². The van der Waals surface area contributed by atoms with E-state index in [4.69, 9.17) is 5.11 Å². The van der Waals surface area contributed by atoms with E-state index in [9.17, 15) is 0 Å². The summed E-state index contributed by atoms with van der Waals surface area (Å²) >= 11 is 0. The Morgan fingerprint density at radius 3 is 2.62 bits per heavy atom. The zero-order valence-corrected chi connectivity index (χ0v) is 9.60. The fourth-order valence-corrected chi connectivity index (χ4v) is 2.08. The summed E-state index contributed by atoms with van der Waals surface area (Å²) in [5.74, 6) is 0. The Hall–Kier alpha value is -1.28. The summed E-state index contributed by atoms with van der Waals surface area (Å²) in [6, 6.07) is 10.7. The molecule has 0 fully saturated rings.